The van der Waals surface area contributed by atoms with Crippen LogP contribution in [0.15, 0.2) is 48.1 Å². The molecule has 1 amide bonds. The van der Waals surface area contributed by atoms with Gasteiger partial charge >= 0.3 is 0 Å². The zero-order chi connectivity index (χ0) is 16.5. The van der Waals surface area contributed by atoms with Crippen molar-refractivity contribution in [2.45, 2.75) is 32.4 Å². The van der Waals surface area contributed by atoms with Crippen LogP contribution in [0, 0.1) is 6.92 Å². The molecule has 24 heavy (non-hydrogen) atoms. The second-order valence-corrected chi connectivity index (χ2v) is 7.11. The lowest BCUT2D eigenvalue weighted by atomic mass is 10.3. The van der Waals surface area contributed by atoms with Crippen molar-refractivity contribution in [2.24, 2.45) is 0 Å². The Morgan fingerprint density at radius 2 is 2.12 bits per heavy atom. The lowest BCUT2D eigenvalue weighted by Gasteiger charge is -2.20. The average Bonchev–Trinajstić information content (AvgIpc) is 3.17. The lowest BCUT2D eigenvalue weighted by Crippen LogP contribution is -2.32. The van der Waals surface area contributed by atoms with Crippen LogP contribution in [-0.4, -0.2) is 31.6 Å². The zero-order valence-electron chi connectivity index (χ0n) is 13.4. The summed E-state index contributed by atoms with van der Waals surface area (Å²) in [4.78, 5) is 19.0. The molecule has 0 aliphatic heterocycles. The van der Waals surface area contributed by atoms with E-state index in [1.807, 2.05) is 64.6 Å². The van der Waals surface area contributed by atoms with Crippen LogP contribution in [0.1, 0.15) is 33.9 Å². The Morgan fingerprint density at radius 3 is 2.79 bits per heavy atom. The summed E-state index contributed by atoms with van der Waals surface area (Å²) < 4.78 is 1.85. The molecule has 2 aromatic heterocycles. The number of carbonyl (C=O) groups excluding carboxylic acids is 1. The maximum absolute atomic E-state index is 12.8. The van der Waals surface area contributed by atoms with E-state index in [9.17, 15) is 4.79 Å². The van der Waals surface area contributed by atoms with Crippen LogP contribution >= 0.6 is 11.3 Å². The highest BCUT2D eigenvalue weighted by atomic mass is 32.1. The van der Waals surface area contributed by atoms with Crippen LogP contribution in [0.3, 0.4) is 0 Å². The van der Waals surface area contributed by atoms with Crippen LogP contribution < -0.4 is 0 Å². The quantitative estimate of drug-likeness (QED) is 0.716. The molecule has 1 aliphatic rings. The van der Waals surface area contributed by atoms with Gasteiger partial charge in [-0.1, -0.05) is 18.2 Å². The minimum atomic E-state index is 0.0225. The largest absolute Gasteiger partial charge is 0.330 e. The Hall–Kier alpha value is -2.47. The van der Waals surface area contributed by atoms with Gasteiger partial charge in [0.05, 0.1) is 16.9 Å². The summed E-state index contributed by atoms with van der Waals surface area (Å²) in [6.45, 7) is 2.50. The standard InChI is InChI=1S/C18H18N4OS/c1-13-20-17(12-24-13)18(23)21(15-7-8-15)10-14-9-19-22(11-14)16-5-3-2-4-6-16/h2-6,9,11-12,15H,7-8,10H2,1H3. The van der Waals surface area contributed by atoms with Crippen LogP contribution in [0.25, 0.3) is 5.69 Å². The van der Waals surface area contributed by atoms with E-state index >= 15 is 0 Å². The first-order valence-corrected chi connectivity index (χ1v) is 8.91. The fourth-order valence-electron chi connectivity index (χ4n) is 2.72. The van der Waals surface area contributed by atoms with Gasteiger partial charge in [-0.2, -0.15) is 5.10 Å². The predicted molar refractivity (Wildman–Crippen MR) is 93.3 cm³/mol. The summed E-state index contributed by atoms with van der Waals surface area (Å²) in [6.07, 6.45) is 5.97. The Morgan fingerprint density at radius 1 is 1.33 bits per heavy atom. The lowest BCUT2D eigenvalue weighted by molar-refractivity contribution is 0.0724. The average molecular weight is 338 g/mol. The third-order valence-corrected chi connectivity index (χ3v) is 4.87. The summed E-state index contributed by atoms with van der Waals surface area (Å²) in [5.41, 5.74) is 2.61. The normalized spacial score (nSPS) is 13.9. The second-order valence-electron chi connectivity index (χ2n) is 6.04. The number of benzene rings is 1. The number of carbonyl (C=O) groups is 1. The van der Waals surface area contributed by atoms with Crippen LogP contribution in [0.5, 0.6) is 0 Å². The number of rotatable bonds is 5. The smallest absolute Gasteiger partial charge is 0.273 e. The molecule has 0 radical (unpaired) electrons. The molecule has 0 atom stereocenters. The molecule has 3 aromatic rings. The van der Waals surface area contributed by atoms with Crippen molar-refractivity contribution in [1.82, 2.24) is 19.7 Å². The number of aryl methyl sites for hydroxylation is 1. The maximum Gasteiger partial charge on any atom is 0.273 e. The van der Waals surface area contributed by atoms with Gasteiger partial charge in [0.2, 0.25) is 0 Å². The SMILES string of the molecule is Cc1nc(C(=O)N(Cc2cnn(-c3ccccc3)c2)C2CC2)cs1. The molecule has 0 unspecified atom stereocenters. The topological polar surface area (TPSA) is 51.0 Å². The van der Waals surface area contributed by atoms with Gasteiger partial charge in [0.15, 0.2) is 0 Å². The Bertz CT molecular complexity index is 851. The Kier molecular flexibility index (Phi) is 3.90. The maximum atomic E-state index is 12.8. The monoisotopic (exact) mass is 338 g/mol. The molecule has 4 rings (SSSR count). The fraction of sp³-hybridized carbons (Fsp3) is 0.278. The van der Waals surface area contributed by atoms with Gasteiger partial charge in [-0.25, -0.2) is 9.67 Å². The van der Waals surface area contributed by atoms with E-state index < -0.39 is 0 Å². The van der Waals surface area contributed by atoms with Gasteiger partial charge in [0.25, 0.3) is 5.91 Å². The van der Waals surface area contributed by atoms with Gasteiger partial charge < -0.3 is 4.90 Å². The summed E-state index contributed by atoms with van der Waals surface area (Å²) in [5.74, 6) is 0.0225. The molecule has 2 heterocycles. The van der Waals surface area contributed by atoms with Crippen LogP contribution in [0.4, 0.5) is 0 Å². The molecule has 0 spiro atoms. The number of aromatic nitrogens is 3. The van der Waals surface area contributed by atoms with Gasteiger partial charge in [0, 0.05) is 29.7 Å². The number of nitrogens with zero attached hydrogens (tertiary/aromatic N) is 4. The third-order valence-electron chi connectivity index (χ3n) is 4.10. The van der Waals surface area contributed by atoms with Gasteiger partial charge in [-0.05, 0) is 31.9 Å². The molecule has 122 valence electrons. The van der Waals surface area contributed by atoms with E-state index in [1.165, 1.54) is 11.3 Å². The van der Waals surface area contributed by atoms with Crippen molar-refractivity contribution in [3.05, 3.63) is 64.4 Å². The van der Waals surface area contributed by atoms with Crippen molar-refractivity contribution in [3.8, 4) is 5.69 Å². The Labute approximate surface area is 144 Å². The van der Waals surface area contributed by atoms with E-state index in [-0.39, 0.29) is 5.91 Å². The van der Waals surface area contributed by atoms with Crippen molar-refractivity contribution in [2.75, 3.05) is 0 Å². The van der Waals surface area contributed by atoms with Crippen LogP contribution in [-0.2, 0) is 6.54 Å². The van der Waals surface area contributed by atoms with E-state index in [1.54, 1.807) is 0 Å². The van der Waals surface area contributed by atoms with E-state index in [0.717, 1.165) is 29.1 Å². The summed E-state index contributed by atoms with van der Waals surface area (Å²) in [5, 5.41) is 7.19. The van der Waals surface area contributed by atoms with E-state index in [4.69, 9.17) is 0 Å². The number of thiazole rings is 1. The minimum absolute atomic E-state index is 0.0225. The zero-order valence-corrected chi connectivity index (χ0v) is 14.2. The number of hydrogen-bond acceptors (Lipinski definition) is 4. The molecule has 0 saturated heterocycles. The molecular weight excluding hydrogens is 320 g/mol. The van der Waals surface area contributed by atoms with Crippen molar-refractivity contribution in [1.29, 1.82) is 0 Å². The first-order chi connectivity index (χ1) is 11.7. The van der Waals surface area contributed by atoms with Crippen molar-refractivity contribution < 1.29 is 4.79 Å². The van der Waals surface area contributed by atoms with Gasteiger partial charge in [-0.3, -0.25) is 4.79 Å². The molecule has 1 aromatic carbocycles. The van der Waals surface area contributed by atoms with Crippen molar-refractivity contribution in [3.63, 3.8) is 0 Å². The van der Waals surface area contributed by atoms with E-state index in [2.05, 4.69) is 10.1 Å². The minimum Gasteiger partial charge on any atom is -0.330 e. The summed E-state index contributed by atoms with van der Waals surface area (Å²) in [7, 11) is 0. The highest BCUT2D eigenvalue weighted by molar-refractivity contribution is 7.09. The highest BCUT2D eigenvalue weighted by Crippen LogP contribution is 2.30. The number of amides is 1. The molecule has 0 N–H and O–H groups in total. The number of para-hydroxylation sites is 1. The molecule has 1 aliphatic carbocycles. The molecule has 0 bridgehead atoms. The molecule has 6 heteroatoms. The van der Waals surface area contributed by atoms with Crippen molar-refractivity contribution >= 4 is 17.2 Å². The molecule has 1 saturated carbocycles. The molecular formula is C18H18N4OS. The van der Waals surface area contributed by atoms with E-state index in [0.29, 0.717) is 18.3 Å². The molecule has 1 fully saturated rings. The summed E-state index contributed by atoms with van der Waals surface area (Å²) >= 11 is 1.51. The van der Waals surface area contributed by atoms with Gasteiger partial charge in [-0.15, -0.1) is 11.3 Å². The van der Waals surface area contributed by atoms with Crippen LogP contribution in [0.2, 0.25) is 0 Å². The predicted octanol–water partition coefficient (Wildman–Crippen LogP) is 3.44. The van der Waals surface area contributed by atoms with Gasteiger partial charge in [0.1, 0.15) is 5.69 Å². The first kappa shape index (κ1) is 15.1. The second kappa shape index (κ2) is 6.20. The Balaban J connectivity index is 1.54. The third kappa shape index (κ3) is 3.10. The number of hydrogen-bond donors (Lipinski definition) is 0. The fourth-order valence-corrected chi connectivity index (χ4v) is 3.31. The summed E-state index contributed by atoms with van der Waals surface area (Å²) in [6, 6.07) is 10.3. The molecule has 5 nitrogen and oxygen atoms in total. The highest BCUT2D eigenvalue weighted by Gasteiger charge is 2.34. The first-order valence-electron chi connectivity index (χ1n) is 8.03.